The van der Waals surface area contributed by atoms with Crippen LogP contribution in [0.15, 0.2) is 27.1 Å². The summed E-state index contributed by atoms with van der Waals surface area (Å²) in [7, 11) is 0. The Hall–Kier alpha value is -1.76. The van der Waals surface area contributed by atoms with Crippen LogP contribution in [0.5, 0.6) is 0 Å². The number of nitrogens with zero attached hydrogens (tertiary/aromatic N) is 2. The van der Waals surface area contributed by atoms with Crippen molar-refractivity contribution in [2.75, 3.05) is 5.32 Å². The maximum Gasteiger partial charge on any atom is 0.322 e. The van der Waals surface area contributed by atoms with Crippen LogP contribution in [-0.2, 0) is 0 Å². The van der Waals surface area contributed by atoms with Crippen molar-refractivity contribution in [2.45, 2.75) is 6.92 Å². The number of nitrogens with one attached hydrogen (secondary N) is 1. The zero-order valence-electron chi connectivity index (χ0n) is 8.70. The Bertz CT molecular complexity index is 570. The van der Waals surface area contributed by atoms with Gasteiger partial charge in [0, 0.05) is 11.4 Å². The van der Waals surface area contributed by atoms with Gasteiger partial charge in [-0.25, -0.2) is 4.39 Å². The molecule has 5 nitrogen and oxygen atoms in total. The predicted octanol–water partition coefficient (Wildman–Crippen LogP) is 2.53. The Kier molecular flexibility index (Phi) is 3.19. The first-order valence-electron chi connectivity index (χ1n) is 4.63. The van der Waals surface area contributed by atoms with Crippen LogP contribution >= 0.6 is 15.9 Å². The van der Waals surface area contributed by atoms with Crippen molar-refractivity contribution >= 4 is 27.9 Å². The monoisotopic (exact) mass is 299 g/mol. The summed E-state index contributed by atoms with van der Waals surface area (Å²) in [4.78, 5) is 11.8. The summed E-state index contributed by atoms with van der Waals surface area (Å²) in [6, 6.07) is 3.76. The Morgan fingerprint density at radius 2 is 2.24 bits per heavy atom. The molecule has 0 saturated carbocycles. The molecular weight excluding hydrogens is 293 g/mol. The molecule has 0 radical (unpaired) electrons. The van der Waals surface area contributed by atoms with Gasteiger partial charge in [0.05, 0.1) is 5.56 Å². The summed E-state index contributed by atoms with van der Waals surface area (Å²) in [5.74, 6) is -0.541. The molecule has 17 heavy (non-hydrogen) atoms. The normalized spacial score (nSPS) is 10.3. The number of halogens is 2. The standard InChI is InChI=1S/C10H7BrFN3O2/c1-5-14-15-10(17-5)13-9(16)7-3-2-6(12)4-8(7)11/h2-4H,1H3,(H,13,15,16). The van der Waals surface area contributed by atoms with Crippen LogP contribution in [0.4, 0.5) is 10.4 Å². The lowest BCUT2D eigenvalue weighted by Crippen LogP contribution is -2.12. The van der Waals surface area contributed by atoms with Gasteiger partial charge in [0.1, 0.15) is 5.82 Å². The minimum absolute atomic E-state index is 0.00345. The number of anilines is 1. The lowest BCUT2D eigenvalue weighted by Gasteiger charge is -2.02. The van der Waals surface area contributed by atoms with Crippen LogP contribution < -0.4 is 5.32 Å². The molecule has 0 saturated heterocycles. The summed E-state index contributed by atoms with van der Waals surface area (Å²) in [6.45, 7) is 1.61. The molecule has 1 N–H and O–H groups in total. The number of hydrogen-bond acceptors (Lipinski definition) is 4. The minimum atomic E-state index is -0.458. The van der Waals surface area contributed by atoms with E-state index >= 15 is 0 Å². The van der Waals surface area contributed by atoms with E-state index in [0.717, 1.165) is 0 Å². The first-order chi connectivity index (χ1) is 8.06. The Morgan fingerprint density at radius 1 is 1.47 bits per heavy atom. The zero-order valence-corrected chi connectivity index (χ0v) is 10.3. The Labute approximate surface area is 104 Å². The zero-order chi connectivity index (χ0) is 12.4. The predicted molar refractivity (Wildman–Crippen MR) is 61.1 cm³/mol. The molecule has 0 fully saturated rings. The van der Waals surface area contributed by atoms with Crippen LogP contribution in [0.25, 0.3) is 0 Å². The molecule has 2 rings (SSSR count). The van der Waals surface area contributed by atoms with Gasteiger partial charge in [-0.05, 0) is 34.1 Å². The lowest BCUT2D eigenvalue weighted by molar-refractivity contribution is 0.102. The fraction of sp³-hybridized carbons (Fsp3) is 0.100. The maximum absolute atomic E-state index is 12.8. The van der Waals surface area contributed by atoms with Crippen molar-refractivity contribution in [1.82, 2.24) is 10.2 Å². The Balaban J connectivity index is 2.20. The van der Waals surface area contributed by atoms with Crippen LogP contribution in [-0.4, -0.2) is 16.1 Å². The van der Waals surface area contributed by atoms with Gasteiger partial charge in [-0.1, -0.05) is 5.10 Å². The molecule has 7 heteroatoms. The largest absolute Gasteiger partial charge is 0.408 e. The van der Waals surface area contributed by atoms with Crippen LogP contribution in [0, 0.1) is 12.7 Å². The smallest absolute Gasteiger partial charge is 0.322 e. The van der Waals surface area contributed by atoms with Crippen molar-refractivity contribution in [1.29, 1.82) is 0 Å². The van der Waals surface area contributed by atoms with Crippen molar-refractivity contribution in [3.05, 3.63) is 39.9 Å². The van der Waals surface area contributed by atoms with Gasteiger partial charge in [-0.2, -0.15) is 0 Å². The molecule has 0 bridgehead atoms. The molecule has 0 spiro atoms. The maximum atomic E-state index is 12.8. The van der Waals surface area contributed by atoms with E-state index in [2.05, 4.69) is 31.4 Å². The number of aryl methyl sites for hydroxylation is 1. The van der Waals surface area contributed by atoms with E-state index in [1.165, 1.54) is 18.2 Å². The van der Waals surface area contributed by atoms with Crippen molar-refractivity contribution in [3.63, 3.8) is 0 Å². The van der Waals surface area contributed by atoms with E-state index in [9.17, 15) is 9.18 Å². The van der Waals surface area contributed by atoms with Gasteiger partial charge < -0.3 is 4.42 Å². The highest BCUT2D eigenvalue weighted by molar-refractivity contribution is 9.10. The van der Waals surface area contributed by atoms with E-state index in [1.54, 1.807) is 6.92 Å². The van der Waals surface area contributed by atoms with Gasteiger partial charge in [0.15, 0.2) is 0 Å². The van der Waals surface area contributed by atoms with Crippen molar-refractivity contribution < 1.29 is 13.6 Å². The van der Waals surface area contributed by atoms with Gasteiger partial charge in [-0.15, -0.1) is 5.10 Å². The number of carbonyl (C=O) groups is 1. The molecule has 1 amide bonds. The van der Waals surface area contributed by atoms with Crippen molar-refractivity contribution in [2.24, 2.45) is 0 Å². The molecule has 0 unspecified atom stereocenters. The third-order valence-electron chi connectivity index (χ3n) is 1.92. The molecule has 0 aliphatic heterocycles. The fourth-order valence-corrected chi connectivity index (χ4v) is 1.72. The summed E-state index contributed by atoms with van der Waals surface area (Å²) in [6.07, 6.45) is 0. The summed E-state index contributed by atoms with van der Waals surface area (Å²) < 4.78 is 18.2. The topological polar surface area (TPSA) is 68.0 Å². The van der Waals surface area contributed by atoms with Gasteiger partial charge in [0.25, 0.3) is 5.91 Å². The first kappa shape index (κ1) is 11.7. The van der Waals surface area contributed by atoms with Crippen molar-refractivity contribution in [3.8, 4) is 0 Å². The fourth-order valence-electron chi connectivity index (χ4n) is 1.19. The third kappa shape index (κ3) is 2.68. The summed E-state index contributed by atoms with van der Waals surface area (Å²) in [5.41, 5.74) is 0.280. The molecule has 0 aliphatic carbocycles. The third-order valence-corrected chi connectivity index (χ3v) is 2.58. The summed E-state index contributed by atoms with van der Waals surface area (Å²) in [5, 5.41) is 9.59. The van der Waals surface area contributed by atoms with E-state index in [1.807, 2.05) is 0 Å². The molecule has 1 aromatic carbocycles. The molecule has 0 atom stereocenters. The summed E-state index contributed by atoms with van der Waals surface area (Å²) >= 11 is 3.10. The average Bonchev–Trinajstić information content (AvgIpc) is 2.63. The molecular formula is C10H7BrFN3O2. The van der Waals surface area contributed by atoms with Crippen LogP contribution in [0.2, 0.25) is 0 Å². The molecule has 0 aliphatic rings. The van der Waals surface area contributed by atoms with Crippen LogP contribution in [0.3, 0.4) is 0 Å². The molecule has 2 aromatic rings. The van der Waals surface area contributed by atoms with E-state index in [4.69, 9.17) is 4.42 Å². The number of hydrogen-bond donors (Lipinski definition) is 1. The van der Waals surface area contributed by atoms with E-state index < -0.39 is 11.7 Å². The molecule has 1 aromatic heterocycles. The highest BCUT2D eigenvalue weighted by Gasteiger charge is 2.13. The second-order valence-electron chi connectivity index (χ2n) is 3.20. The minimum Gasteiger partial charge on any atom is -0.408 e. The molecule has 1 heterocycles. The Morgan fingerprint density at radius 3 is 2.82 bits per heavy atom. The highest BCUT2D eigenvalue weighted by Crippen LogP contribution is 2.19. The quantitative estimate of drug-likeness (QED) is 0.925. The number of amides is 1. The van der Waals surface area contributed by atoms with E-state index in [0.29, 0.717) is 10.4 Å². The van der Waals surface area contributed by atoms with Gasteiger partial charge in [0.2, 0.25) is 5.89 Å². The highest BCUT2D eigenvalue weighted by atomic mass is 79.9. The average molecular weight is 300 g/mol. The number of carbonyl (C=O) groups excluding carboxylic acids is 1. The van der Waals surface area contributed by atoms with E-state index in [-0.39, 0.29) is 11.6 Å². The second kappa shape index (κ2) is 4.62. The number of rotatable bonds is 2. The number of aromatic nitrogens is 2. The van der Waals surface area contributed by atoms with Crippen LogP contribution in [0.1, 0.15) is 16.2 Å². The first-order valence-corrected chi connectivity index (χ1v) is 5.42. The number of benzene rings is 1. The molecule has 88 valence electrons. The SMILES string of the molecule is Cc1nnc(NC(=O)c2ccc(F)cc2Br)o1. The second-order valence-corrected chi connectivity index (χ2v) is 4.06. The lowest BCUT2D eigenvalue weighted by atomic mass is 10.2. The van der Waals surface area contributed by atoms with Gasteiger partial charge >= 0.3 is 6.01 Å². The van der Waals surface area contributed by atoms with Gasteiger partial charge in [-0.3, -0.25) is 10.1 Å².